The predicted molar refractivity (Wildman–Crippen MR) is 152 cm³/mol. The van der Waals surface area contributed by atoms with Gasteiger partial charge < -0.3 is 10.1 Å². The van der Waals surface area contributed by atoms with Gasteiger partial charge in [0.2, 0.25) is 0 Å². The van der Waals surface area contributed by atoms with Gasteiger partial charge in [-0.25, -0.2) is 13.4 Å². The van der Waals surface area contributed by atoms with E-state index in [0.29, 0.717) is 10.9 Å². The molecule has 8 heteroatoms. The quantitative estimate of drug-likeness (QED) is 0.323. The fourth-order valence-electron chi connectivity index (χ4n) is 6.17. The maximum atomic E-state index is 12.6. The molecule has 1 unspecified atom stereocenters. The second-order valence-electron chi connectivity index (χ2n) is 11.7. The van der Waals surface area contributed by atoms with E-state index in [1.807, 2.05) is 18.3 Å². The Bertz CT molecular complexity index is 1640. The van der Waals surface area contributed by atoms with Crippen LogP contribution in [0.5, 0.6) is 0 Å². The van der Waals surface area contributed by atoms with Gasteiger partial charge in [-0.2, -0.15) is 5.10 Å². The number of sulfone groups is 1. The first-order chi connectivity index (χ1) is 18.9. The van der Waals surface area contributed by atoms with Crippen LogP contribution in [0.2, 0.25) is 0 Å². The predicted octanol–water partition coefficient (Wildman–Crippen LogP) is 5.24. The van der Waals surface area contributed by atoms with Crippen molar-refractivity contribution >= 4 is 20.9 Å². The standard InChI is InChI=1S/C31H34N4O3S/c1-31(33-25-12-15-38-19-25)13-10-20-2-3-22(16-23(20)11-14-31)24-17-28-29(34-35-30(28)32-18-24)21-4-6-26(7-5-21)39(36,37)27-8-9-27/h2-7,16-18,25,27,33H,8-15,19H2,1H3,(H,32,34,35)/t25-,31?/m0/s1. The van der Waals surface area contributed by atoms with Crippen LogP contribution in [-0.2, 0) is 27.4 Å². The van der Waals surface area contributed by atoms with E-state index in [1.54, 1.807) is 12.1 Å². The lowest BCUT2D eigenvalue weighted by Crippen LogP contribution is -2.48. The van der Waals surface area contributed by atoms with E-state index in [2.05, 4.69) is 51.7 Å². The van der Waals surface area contributed by atoms with Crippen molar-refractivity contribution in [2.75, 3.05) is 13.2 Å². The zero-order valence-corrected chi connectivity index (χ0v) is 23.1. The van der Waals surface area contributed by atoms with Crippen LogP contribution >= 0.6 is 0 Å². The van der Waals surface area contributed by atoms with Gasteiger partial charge in [-0.15, -0.1) is 0 Å². The summed E-state index contributed by atoms with van der Waals surface area (Å²) in [6, 6.07) is 16.5. The van der Waals surface area contributed by atoms with Crippen molar-refractivity contribution < 1.29 is 13.2 Å². The highest BCUT2D eigenvalue weighted by molar-refractivity contribution is 7.92. The first-order valence-corrected chi connectivity index (χ1v) is 15.6. The molecule has 0 spiro atoms. The summed E-state index contributed by atoms with van der Waals surface area (Å²) in [5, 5.41) is 12.2. The molecule has 0 amide bonds. The molecule has 2 aliphatic carbocycles. The highest BCUT2D eigenvalue weighted by Gasteiger charge is 2.37. The summed E-state index contributed by atoms with van der Waals surface area (Å²) in [7, 11) is -3.21. The van der Waals surface area contributed by atoms with Crippen LogP contribution in [0, 0.1) is 0 Å². The van der Waals surface area contributed by atoms with Crippen LogP contribution in [0.3, 0.4) is 0 Å². The van der Waals surface area contributed by atoms with Crippen molar-refractivity contribution in [2.45, 2.75) is 73.6 Å². The molecule has 1 saturated heterocycles. The largest absolute Gasteiger partial charge is 0.380 e. The topological polar surface area (TPSA) is 97.0 Å². The zero-order valence-electron chi connectivity index (χ0n) is 22.2. The Kier molecular flexibility index (Phi) is 6.10. The Balaban J connectivity index is 1.15. The number of H-pyrrole nitrogens is 1. The molecule has 202 valence electrons. The van der Waals surface area contributed by atoms with Crippen molar-refractivity contribution in [1.82, 2.24) is 20.5 Å². The van der Waals surface area contributed by atoms with Crippen LogP contribution in [0.1, 0.15) is 50.2 Å². The third-order valence-corrected chi connectivity index (χ3v) is 11.0. The van der Waals surface area contributed by atoms with E-state index in [4.69, 9.17) is 4.74 Å². The van der Waals surface area contributed by atoms with Crippen molar-refractivity contribution in [3.05, 3.63) is 65.9 Å². The second-order valence-corrected chi connectivity index (χ2v) is 13.9. The number of aryl methyl sites for hydroxylation is 2. The molecule has 2 aromatic heterocycles. The minimum absolute atomic E-state index is 0.122. The number of ether oxygens (including phenoxy) is 1. The lowest BCUT2D eigenvalue weighted by atomic mass is 9.90. The molecule has 3 heterocycles. The zero-order chi connectivity index (χ0) is 26.6. The summed E-state index contributed by atoms with van der Waals surface area (Å²) < 4.78 is 30.8. The number of rotatable bonds is 6. The molecule has 2 aromatic carbocycles. The van der Waals surface area contributed by atoms with Crippen LogP contribution < -0.4 is 5.32 Å². The summed E-state index contributed by atoms with van der Waals surface area (Å²) in [6.07, 6.45) is 8.87. The monoisotopic (exact) mass is 542 g/mol. The number of fused-ring (bicyclic) bond motifs is 2. The van der Waals surface area contributed by atoms with Crippen molar-refractivity contribution in [3.63, 3.8) is 0 Å². The number of hydrogen-bond donors (Lipinski definition) is 2. The lowest BCUT2D eigenvalue weighted by molar-refractivity contribution is 0.179. The summed E-state index contributed by atoms with van der Waals surface area (Å²) >= 11 is 0. The van der Waals surface area contributed by atoms with Crippen LogP contribution in [-0.4, -0.2) is 53.6 Å². The normalized spacial score (nSPS) is 23.6. The first-order valence-electron chi connectivity index (χ1n) is 14.0. The number of nitrogens with zero attached hydrogens (tertiary/aromatic N) is 2. The Morgan fingerprint density at radius 2 is 1.72 bits per heavy atom. The summed E-state index contributed by atoms with van der Waals surface area (Å²) in [5.74, 6) is 0. The number of aromatic amines is 1. The van der Waals surface area contributed by atoms with Gasteiger partial charge in [0.05, 0.1) is 16.8 Å². The van der Waals surface area contributed by atoms with Crippen LogP contribution in [0.4, 0.5) is 0 Å². The number of benzene rings is 2. The number of nitrogens with one attached hydrogen (secondary N) is 2. The molecule has 1 saturated carbocycles. The van der Waals surface area contributed by atoms with Crippen LogP contribution in [0.25, 0.3) is 33.4 Å². The van der Waals surface area contributed by atoms with E-state index in [1.165, 1.54) is 11.1 Å². The molecule has 0 bridgehead atoms. The van der Waals surface area contributed by atoms with E-state index < -0.39 is 9.84 Å². The molecular formula is C31H34N4O3S. The Hall–Kier alpha value is -3.07. The molecule has 7 rings (SSSR count). The molecule has 39 heavy (non-hydrogen) atoms. The smallest absolute Gasteiger partial charge is 0.181 e. The van der Waals surface area contributed by atoms with Crippen LogP contribution in [0.15, 0.2) is 59.6 Å². The highest BCUT2D eigenvalue weighted by atomic mass is 32.2. The molecular weight excluding hydrogens is 508 g/mol. The Morgan fingerprint density at radius 3 is 2.46 bits per heavy atom. The summed E-state index contributed by atoms with van der Waals surface area (Å²) in [4.78, 5) is 5.06. The van der Waals surface area contributed by atoms with Gasteiger partial charge in [0.15, 0.2) is 15.5 Å². The number of aromatic nitrogens is 3. The maximum Gasteiger partial charge on any atom is 0.181 e. The number of hydrogen-bond acceptors (Lipinski definition) is 6. The molecule has 2 fully saturated rings. The SMILES string of the molecule is CC1(N[C@H]2CCOC2)CCc2ccc(-c3cnc4[nH]nc(-c5ccc(S(=O)(=O)C6CC6)cc5)c4c3)cc2CC1. The summed E-state index contributed by atoms with van der Waals surface area (Å²) in [6.45, 7) is 4.05. The molecule has 7 nitrogen and oxygen atoms in total. The van der Waals surface area contributed by atoms with Crippen molar-refractivity contribution in [3.8, 4) is 22.4 Å². The first kappa shape index (κ1) is 24.9. The van der Waals surface area contributed by atoms with E-state index >= 15 is 0 Å². The molecule has 3 aliphatic rings. The minimum Gasteiger partial charge on any atom is -0.380 e. The van der Waals surface area contributed by atoms with Crippen molar-refractivity contribution in [1.29, 1.82) is 0 Å². The van der Waals surface area contributed by atoms with Crippen molar-refractivity contribution in [2.24, 2.45) is 0 Å². The van der Waals surface area contributed by atoms with Gasteiger partial charge in [-0.1, -0.05) is 30.3 Å². The van der Waals surface area contributed by atoms with Gasteiger partial charge >= 0.3 is 0 Å². The maximum absolute atomic E-state index is 12.6. The molecule has 1 aliphatic heterocycles. The third kappa shape index (κ3) is 4.79. The fraction of sp³-hybridized carbons (Fsp3) is 0.419. The van der Waals surface area contributed by atoms with Gasteiger partial charge in [0.1, 0.15) is 5.69 Å². The molecule has 2 N–H and O–H groups in total. The lowest BCUT2D eigenvalue weighted by Gasteiger charge is -2.32. The summed E-state index contributed by atoms with van der Waals surface area (Å²) in [5.41, 5.74) is 7.55. The second kappa shape index (κ2) is 9.54. The Morgan fingerprint density at radius 1 is 0.949 bits per heavy atom. The van der Waals surface area contributed by atoms with Gasteiger partial charge in [0, 0.05) is 40.9 Å². The average molecular weight is 543 g/mol. The van der Waals surface area contributed by atoms with E-state index in [-0.39, 0.29) is 10.8 Å². The molecule has 4 aromatic rings. The third-order valence-electron chi connectivity index (χ3n) is 8.75. The van der Waals surface area contributed by atoms with Gasteiger partial charge in [-0.05, 0) is 86.8 Å². The highest BCUT2D eigenvalue weighted by Crippen LogP contribution is 2.36. The molecule has 0 radical (unpaired) electrons. The van der Waals surface area contributed by atoms with Gasteiger partial charge in [-0.3, -0.25) is 5.10 Å². The number of pyridine rings is 1. The Labute approximate surface area is 229 Å². The average Bonchev–Trinajstić information content (AvgIpc) is 3.60. The fourth-order valence-corrected chi connectivity index (χ4v) is 7.83. The van der Waals surface area contributed by atoms with E-state index in [0.717, 1.165) is 91.6 Å². The van der Waals surface area contributed by atoms with Gasteiger partial charge in [0.25, 0.3) is 0 Å². The van der Waals surface area contributed by atoms with E-state index in [9.17, 15) is 8.42 Å². The minimum atomic E-state index is -3.21. The molecule has 2 atom stereocenters.